The summed E-state index contributed by atoms with van der Waals surface area (Å²) in [7, 11) is -4.16. The van der Waals surface area contributed by atoms with Crippen molar-refractivity contribution in [3.05, 3.63) is 102 Å². The summed E-state index contributed by atoms with van der Waals surface area (Å²) in [5.74, 6) is -3.27. The molecule has 0 N–H and O–H groups in total. The van der Waals surface area contributed by atoms with Crippen molar-refractivity contribution >= 4 is 35.6 Å². The van der Waals surface area contributed by atoms with Crippen LogP contribution in [0.1, 0.15) is 12.0 Å². The van der Waals surface area contributed by atoms with E-state index in [4.69, 9.17) is 11.6 Å². The van der Waals surface area contributed by atoms with Crippen molar-refractivity contribution in [2.75, 3.05) is 0 Å². The van der Waals surface area contributed by atoms with E-state index in [-0.39, 0.29) is 15.8 Å². The summed E-state index contributed by atoms with van der Waals surface area (Å²) in [6.07, 6.45) is 0.547. The van der Waals surface area contributed by atoms with E-state index in [2.05, 4.69) is 6.58 Å². The average Bonchev–Trinajstić information content (AvgIpc) is 2.68. The van der Waals surface area contributed by atoms with Crippen LogP contribution in [0.4, 0.5) is 12.9 Å². The highest BCUT2D eigenvalue weighted by Crippen LogP contribution is 2.33. The second-order valence-corrected chi connectivity index (χ2v) is 9.72. The maximum Gasteiger partial charge on any atom is 0.339 e. The predicted molar refractivity (Wildman–Crippen MR) is 109 cm³/mol. The third-order valence-corrected chi connectivity index (χ3v) is 8.16. The van der Waals surface area contributed by atoms with Gasteiger partial charge in [0.2, 0.25) is 0 Å². The van der Waals surface area contributed by atoms with Gasteiger partial charge in [0, 0.05) is 17.0 Å². The van der Waals surface area contributed by atoms with Gasteiger partial charge >= 0.3 is 8.41 Å². The van der Waals surface area contributed by atoms with Crippen molar-refractivity contribution < 1.29 is 12.9 Å². The Balaban J connectivity index is 2.34. The molecule has 138 valence electrons. The van der Waals surface area contributed by atoms with Crippen molar-refractivity contribution in [1.29, 1.82) is 0 Å². The van der Waals surface area contributed by atoms with Crippen LogP contribution < -0.4 is 15.6 Å². The number of benzene rings is 3. The molecule has 0 bridgehead atoms. The molecule has 3 aromatic rings. The number of hydrogen-bond acceptors (Lipinski definition) is 0. The van der Waals surface area contributed by atoms with Gasteiger partial charge in [-0.3, -0.25) is 4.11 Å². The van der Waals surface area contributed by atoms with Crippen molar-refractivity contribution in [1.82, 2.24) is 0 Å². The lowest BCUT2D eigenvalue weighted by Crippen LogP contribution is -2.65. The lowest BCUT2D eigenvalue weighted by molar-refractivity contribution is 0.000117. The summed E-state index contributed by atoms with van der Waals surface area (Å²) in [6.45, 7) is 3.41. The number of alkyl halides is 2. The van der Waals surface area contributed by atoms with E-state index in [0.29, 0.717) is 10.4 Å². The molecule has 0 nitrogen and oxygen atoms in total. The van der Waals surface area contributed by atoms with Crippen LogP contribution in [0.25, 0.3) is 0 Å². The number of halogens is 4. The Morgan fingerprint density at radius 3 is 1.89 bits per heavy atom. The lowest BCUT2D eigenvalue weighted by atomic mass is 10.1. The maximum atomic E-state index is 16.9. The van der Waals surface area contributed by atoms with Crippen LogP contribution in [0.3, 0.4) is 0 Å². The van der Waals surface area contributed by atoms with E-state index in [9.17, 15) is 8.78 Å². The van der Waals surface area contributed by atoms with Crippen LogP contribution >= 0.6 is 11.6 Å². The van der Waals surface area contributed by atoms with Gasteiger partial charge in [0.25, 0.3) is 5.92 Å². The molecular weight excluding hydrogens is 385 g/mol. The minimum atomic E-state index is -4.16. The van der Waals surface area contributed by atoms with Gasteiger partial charge in [-0.1, -0.05) is 84.4 Å². The Kier molecular flexibility index (Phi) is 5.58. The predicted octanol–water partition coefficient (Wildman–Crippen LogP) is 4.94. The highest BCUT2D eigenvalue weighted by molar-refractivity contribution is 7.06. The van der Waals surface area contributed by atoms with E-state index in [0.717, 1.165) is 6.08 Å². The van der Waals surface area contributed by atoms with Crippen molar-refractivity contribution in [3.63, 3.8) is 0 Å². The van der Waals surface area contributed by atoms with Gasteiger partial charge in [0.05, 0.1) is 0 Å². The topological polar surface area (TPSA) is 0 Å². The van der Waals surface area contributed by atoms with Gasteiger partial charge in [0.15, 0.2) is 0 Å². The van der Waals surface area contributed by atoms with Crippen molar-refractivity contribution in [3.8, 4) is 0 Å². The molecule has 0 unspecified atom stereocenters. The second kappa shape index (κ2) is 7.75. The molecule has 0 aliphatic rings. The van der Waals surface area contributed by atoms with Gasteiger partial charge in [-0.25, -0.2) is 8.78 Å². The summed E-state index contributed by atoms with van der Waals surface area (Å²) in [5.41, 5.74) is -0.378. The molecular formula is C22H18ClF3Si. The van der Waals surface area contributed by atoms with Gasteiger partial charge in [-0.05, 0) is 27.7 Å². The molecule has 0 aliphatic carbocycles. The van der Waals surface area contributed by atoms with Crippen molar-refractivity contribution in [2.24, 2.45) is 0 Å². The lowest BCUT2D eigenvalue weighted by Gasteiger charge is -2.29. The molecule has 5 heteroatoms. The van der Waals surface area contributed by atoms with Crippen LogP contribution in [0, 0.1) is 0 Å². The van der Waals surface area contributed by atoms with Gasteiger partial charge in [-0.2, -0.15) is 0 Å². The number of hydrogen-bond donors (Lipinski definition) is 0. The van der Waals surface area contributed by atoms with Crippen LogP contribution in [-0.4, -0.2) is 8.41 Å². The molecule has 0 heterocycles. The molecule has 0 amide bonds. The van der Waals surface area contributed by atoms with E-state index in [1.54, 1.807) is 60.7 Å². The first kappa shape index (κ1) is 19.5. The SMILES string of the molecule is C=CCC(F)(F)c1cc(Cl)ccc1[Si](F)(c1ccccc1)c1ccccc1. The highest BCUT2D eigenvalue weighted by atomic mass is 35.5. The summed E-state index contributed by atoms with van der Waals surface area (Å²) in [4.78, 5) is 0. The highest BCUT2D eigenvalue weighted by Gasteiger charge is 2.47. The average molecular weight is 403 g/mol. The minimum absolute atomic E-state index is 0.0103. The molecule has 3 aromatic carbocycles. The molecule has 0 radical (unpaired) electrons. The van der Waals surface area contributed by atoms with Gasteiger partial charge < -0.3 is 0 Å². The fourth-order valence-electron chi connectivity index (χ4n) is 3.22. The molecule has 0 aliphatic heterocycles. The Labute approximate surface area is 163 Å². The molecule has 0 saturated heterocycles. The van der Waals surface area contributed by atoms with E-state index in [1.807, 2.05) is 0 Å². The normalized spacial score (nSPS) is 12.0. The molecule has 0 saturated carbocycles. The molecule has 3 rings (SSSR count). The van der Waals surface area contributed by atoms with Crippen LogP contribution in [0.2, 0.25) is 5.02 Å². The molecule has 0 fully saturated rings. The zero-order chi connectivity index (χ0) is 19.5. The molecule has 0 aromatic heterocycles. The zero-order valence-corrected chi connectivity index (χ0v) is 16.3. The summed E-state index contributed by atoms with van der Waals surface area (Å²) >= 11 is 6.00. The molecule has 27 heavy (non-hydrogen) atoms. The first-order chi connectivity index (χ1) is 12.9. The zero-order valence-electron chi connectivity index (χ0n) is 14.5. The Bertz CT molecular complexity index is 887. The van der Waals surface area contributed by atoms with Gasteiger partial charge in [-0.15, -0.1) is 6.58 Å². The number of rotatable bonds is 6. The van der Waals surface area contributed by atoms with E-state index in [1.165, 1.54) is 18.2 Å². The summed E-state index contributed by atoms with van der Waals surface area (Å²) in [5, 5.41) is 0.981. The fourth-order valence-corrected chi connectivity index (χ4v) is 6.59. The smallest absolute Gasteiger partial charge is 0.296 e. The largest absolute Gasteiger partial charge is 0.339 e. The van der Waals surface area contributed by atoms with Gasteiger partial charge in [0.1, 0.15) is 0 Å². The Morgan fingerprint density at radius 2 is 1.41 bits per heavy atom. The van der Waals surface area contributed by atoms with Crippen molar-refractivity contribution in [2.45, 2.75) is 12.3 Å². The Hall–Kier alpha value is -2.30. The van der Waals surface area contributed by atoms with Crippen LogP contribution in [0.15, 0.2) is 91.5 Å². The van der Waals surface area contributed by atoms with E-state index < -0.39 is 20.8 Å². The Morgan fingerprint density at radius 1 is 0.889 bits per heavy atom. The molecule has 0 atom stereocenters. The quantitative estimate of drug-likeness (QED) is 0.237. The first-order valence-electron chi connectivity index (χ1n) is 8.49. The summed E-state index contributed by atoms with van der Waals surface area (Å²) < 4.78 is 46.7. The summed E-state index contributed by atoms with van der Waals surface area (Å²) in [6, 6.07) is 21.1. The molecule has 0 spiro atoms. The van der Waals surface area contributed by atoms with Crippen LogP contribution in [0.5, 0.6) is 0 Å². The standard InChI is InChI=1S/C22H18ClF3Si/c1-2-15-22(24,25)20-16-17(23)13-14-21(20)27(26,18-9-5-3-6-10-18)19-11-7-4-8-12-19/h2-14,16H,1,15H2. The number of allylic oxidation sites excluding steroid dienone is 1. The van der Waals surface area contributed by atoms with Crippen LogP contribution in [-0.2, 0) is 5.92 Å². The maximum absolute atomic E-state index is 16.9. The monoisotopic (exact) mass is 402 g/mol. The third kappa shape index (κ3) is 3.73. The fraction of sp³-hybridized carbons (Fsp3) is 0.0909. The first-order valence-corrected chi connectivity index (χ1v) is 10.7. The van der Waals surface area contributed by atoms with E-state index >= 15 is 4.11 Å². The second-order valence-electron chi connectivity index (χ2n) is 6.28. The third-order valence-electron chi connectivity index (χ3n) is 4.49. The minimum Gasteiger partial charge on any atom is -0.296 e.